The lowest BCUT2D eigenvalue weighted by Crippen LogP contribution is -2.19. The number of carbonyl (C=O) groups excluding carboxylic acids is 1. The maximum absolute atomic E-state index is 11.4. The molecule has 1 saturated heterocycles. The fourth-order valence-corrected chi connectivity index (χ4v) is 1.12. The van der Waals surface area contributed by atoms with Gasteiger partial charge in [0.15, 0.2) is 6.29 Å². The fraction of sp³-hybridized carbons (Fsp3) is 0.889. The van der Waals surface area contributed by atoms with Crippen molar-refractivity contribution in [2.75, 3.05) is 13.2 Å². The van der Waals surface area contributed by atoms with Crippen molar-refractivity contribution in [2.24, 2.45) is 5.92 Å². The third-order valence-corrected chi connectivity index (χ3v) is 2.22. The quantitative estimate of drug-likeness (QED) is 0.642. The third-order valence-electron chi connectivity index (χ3n) is 2.22. The second-order valence-electron chi connectivity index (χ2n) is 3.15. The largest absolute Gasteiger partial charge is 0.350 e. The van der Waals surface area contributed by atoms with Crippen molar-refractivity contribution >= 4 is 5.78 Å². The van der Waals surface area contributed by atoms with E-state index in [1.165, 1.54) is 0 Å². The topological polar surface area (TPSA) is 35.5 Å². The maximum Gasteiger partial charge on any atom is 0.164 e. The minimum Gasteiger partial charge on any atom is -0.350 e. The number of ketones is 1. The molecular formula is C9H16O3. The van der Waals surface area contributed by atoms with E-state index in [1.807, 2.05) is 13.8 Å². The highest BCUT2D eigenvalue weighted by molar-refractivity contribution is 5.80. The molecule has 1 heterocycles. The van der Waals surface area contributed by atoms with E-state index in [-0.39, 0.29) is 18.0 Å². The van der Waals surface area contributed by atoms with Crippen molar-refractivity contribution in [2.45, 2.75) is 33.0 Å². The predicted molar refractivity (Wildman–Crippen MR) is 44.8 cm³/mol. The number of hydrogen-bond acceptors (Lipinski definition) is 3. The van der Waals surface area contributed by atoms with Crippen LogP contribution in [0, 0.1) is 5.92 Å². The third kappa shape index (κ3) is 2.57. The second kappa shape index (κ2) is 4.58. The van der Waals surface area contributed by atoms with Gasteiger partial charge in [0.05, 0.1) is 19.6 Å². The van der Waals surface area contributed by atoms with Gasteiger partial charge in [-0.3, -0.25) is 4.79 Å². The summed E-state index contributed by atoms with van der Waals surface area (Å²) in [5.74, 6) is 0.377. The Morgan fingerprint density at radius 3 is 2.58 bits per heavy atom. The van der Waals surface area contributed by atoms with Crippen molar-refractivity contribution in [1.29, 1.82) is 0 Å². The Morgan fingerprint density at radius 1 is 1.50 bits per heavy atom. The maximum atomic E-state index is 11.4. The zero-order valence-corrected chi connectivity index (χ0v) is 7.71. The summed E-state index contributed by atoms with van der Waals surface area (Å²) in [7, 11) is 0. The summed E-state index contributed by atoms with van der Waals surface area (Å²) in [6.07, 6.45) is 1.03. The summed E-state index contributed by atoms with van der Waals surface area (Å²) in [5.41, 5.74) is 0. The van der Waals surface area contributed by atoms with Gasteiger partial charge in [-0.1, -0.05) is 13.8 Å². The molecule has 1 rings (SSSR count). The Bertz CT molecular complexity index is 150. The summed E-state index contributed by atoms with van der Waals surface area (Å²) >= 11 is 0. The van der Waals surface area contributed by atoms with Crippen LogP contribution >= 0.6 is 0 Å². The van der Waals surface area contributed by atoms with Crippen molar-refractivity contribution in [3.05, 3.63) is 0 Å². The van der Waals surface area contributed by atoms with Crippen LogP contribution in [0.5, 0.6) is 0 Å². The van der Waals surface area contributed by atoms with Crippen LogP contribution in [0.15, 0.2) is 0 Å². The molecule has 0 N–H and O–H groups in total. The predicted octanol–water partition coefficient (Wildman–Crippen LogP) is 1.36. The van der Waals surface area contributed by atoms with Crippen LogP contribution in [0.2, 0.25) is 0 Å². The number of rotatable bonds is 4. The smallest absolute Gasteiger partial charge is 0.164 e. The lowest BCUT2D eigenvalue weighted by molar-refractivity contribution is -0.130. The number of Topliss-reactive ketones (excluding diaryl/α,β-unsaturated/α-hetero) is 1. The highest BCUT2D eigenvalue weighted by atomic mass is 16.7. The molecule has 0 amide bonds. The van der Waals surface area contributed by atoms with Crippen LogP contribution in [0.3, 0.4) is 0 Å². The fourth-order valence-electron chi connectivity index (χ4n) is 1.12. The summed E-state index contributed by atoms with van der Waals surface area (Å²) in [6.45, 7) is 5.20. The van der Waals surface area contributed by atoms with Crippen LogP contribution in [0.1, 0.15) is 26.7 Å². The molecule has 70 valence electrons. The minimum absolute atomic E-state index is 0.137. The van der Waals surface area contributed by atoms with Gasteiger partial charge in [0, 0.05) is 5.92 Å². The van der Waals surface area contributed by atoms with Gasteiger partial charge in [-0.15, -0.1) is 0 Å². The van der Waals surface area contributed by atoms with Gasteiger partial charge in [0.1, 0.15) is 5.78 Å². The van der Waals surface area contributed by atoms with E-state index < -0.39 is 0 Å². The zero-order valence-electron chi connectivity index (χ0n) is 7.71. The molecule has 1 aliphatic rings. The molecule has 1 aliphatic heterocycles. The van der Waals surface area contributed by atoms with Crippen molar-refractivity contribution < 1.29 is 14.3 Å². The summed E-state index contributed by atoms with van der Waals surface area (Å²) in [5, 5.41) is 0. The summed E-state index contributed by atoms with van der Waals surface area (Å²) in [6, 6.07) is 0. The first kappa shape index (κ1) is 9.68. The Kier molecular flexibility index (Phi) is 3.69. The molecule has 3 nitrogen and oxygen atoms in total. The van der Waals surface area contributed by atoms with Crippen LogP contribution < -0.4 is 0 Å². The monoisotopic (exact) mass is 172 g/mol. The molecule has 0 bridgehead atoms. The van der Waals surface area contributed by atoms with Crippen molar-refractivity contribution in [1.82, 2.24) is 0 Å². The van der Waals surface area contributed by atoms with Crippen molar-refractivity contribution in [3.8, 4) is 0 Å². The van der Waals surface area contributed by atoms with Gasteiger partial charge >= 0.3 is 0 Å². The van der Waals surface area contributed by atoms with Crippen LogP contribution in [-0.4, -0.2) is 25.3 Å². The van der Waals surface area contributed by atoms with Crippen LogP contribution in [0.25, 0.3) is 0 Å². The molecular weight excluding hydrogens is 156 g/mol. The van der Waals surface area contributed by atoms with Gasteiger partial charge < -0.3 is 9.47 Å². The molecule has 0 aromatic carbocycles. The minimum atomic E-state index is -0.272. The van der Waals surface area contributed by atoms with Crippen molar-refractivity contribution in [3.63, 3.8) is 0 Å². The van der Waals surface area contributed by atoms with E-state index in [4.69, 9.17) is 9.47 Å². The van der Waals surface area contributed by atoms with E-state index >= 15 is 0 Å². The molecule has 1 atom stereocenters. The standard InChI is InChI=1S/C9H16O3/c1-3-7(2)8(10)6-9-11-4-5-12-9/h7,9H,3-6H2,1-2H3/t7-/m0/s1. The Labute approximate surface area is 73.0 Å². The van der Waals surface area contributed by atoms with E-state index in [1.54, 1.807) is 0 Å². The van der Waals surface area contributed by atoms with Crippen LogP contribution in [0.4, 0.5) is 0 Å². The lowest BCUT2D eigenvalue weighted by atomic mass is 10.0. The normalized spacial score (nSPS) is 21.2. The first-order chi connectivity index (χ1) is 5.74. The van der Waals surface area contributed by atoms with Gasteiger partial charge in [0.25, 0.3) is 0 Å². The zero-order chi connectivity index (χ0) is 8.97. The molecule has 0 aromatic rings. The molecule has 0 aromatic heterocycles. The number of hydrogen-bond donors (Lipinski definition) is 0. The highest BCUT2D eigenvalue weighted by Crippen LogP contribution is 2.13. The highest BCUT2D eigenvalue weighted by Gasteiger charge is 2.21. The molecule has 12 heavy (non-hydrogen) atoms. The molecule has 3 heteroatoms. The van der Waals surface area contributed by atoms with Crippen LogP contribution in [-0.2, 0) is 14.3 Å². The van der Waals surface area contributed by atoms with E-state index in [9.17, 15) is 4.79 Å². The lowest BCUT2D eigenvalue weighted by Gasteiger charge is -2.11. The summed E-state index contributed by atoms with van der Waals surface area (Å²) in [4.78, 5) is 11.4. The van der Waals surface area contributed by atoms with Gasteiger partial charge in [-0.2, -0.15) is 0 Å². The first-order valence-corrected chi connectivity index (χ1v) is 4.50. The molecule has 0 radical (unpaired) electrons. The Balaban J connectivity index is 2.25. The first-order valence-electron chi connectivity index (χ1n) is 4.50. The average Bonchev–Trinajstić information content (AvgIpc) is 2.55. The Morgan fingerprint density at radius 2 is 2.08 bits per heavy atom. The summed E-state index contributed by atoms with van der Waals surface area (Å²) < 4.78 is 10.4. The average molecular weight is 172 g/mol. The van der Waals surface area contributed by atoms with E-state index in [2.05, 4.69) is 0 Å². The molecule has 1 fully saturated rings. The Hall–Kier alpha value is -0.410. The van der Waals surface area contributed by atoms with Gasteiger partial charge in [-0.05, 0) is 6.42 Å². The molecule has 0 aliphatic carbocycles. The van der Waals surface area contributed by atoms with Gasteiger partial charge in [0.2, 0.25) is 0 Å². The number of ether oxygens (including phenoxy) is 2. The van der Waals surface area contributed by atoms with Gasteiger partial charge in [-0.25, -0.2) is 0 Å². The number of carbonyl (C=O) groups is 1. The SMILES string of the molecule is CC[C@H](C)C(=O)CC1OCCO1. The molecule has 0 unspecified atom stereocenters. The van der Waals surface area contributed by atoms with E-state index in [0.717, 1.165) is 6.42 Å². The second-order valence-corrected chi connectivity index (χ2v) is 3.15. The molecule has 0 spiro atoms. The van der Waals surface area contributed by atoms with E-state index in [0.29, 0.717) is 19.6 Å². The molecule has 0 saturated carbocycles.